The molecule has 1 aliphatic heterocycles. The Morgan fingerprint density at radius 1 is 1.03 bits per heavy atom. The highest BCUT2D eigenvalue weighted by molar-refractivity contribution is 5.97. The van der Waals surface area contributed by atoms with Crippen LogP contribution >= 0.6 is 0 Å². The van der Waals surface area contributed by atoms with E-state index in [1.165, 1.54) is 31.2 Å². The summed E-state index contributed by atoms with van der Waals surface area (Å²) < 4.78 is 56.5. The van der Waals surface area contributed by atoms with Crippen LogP contribution in [-0.4, -0.2) is 37.6 Å². The van der Waals surface area contributed by atoms with Gasteiger partial charge in [-0.05, 0) is 49.4 Å². The maximum Gasteiger partial charge on any atom is 0.573 e. The van der Waals surface area contributed by atoms with Gasteiger partial charge in [0.25, 0.3) is 5.91 Å². The lowest BCUT2D eigenvalue weighted by atomic mass is 10.2. The molecule has 0 aliphatic carbocycles. The van der Waals surface area contributed by atoms with Crippen LogP contribution in [0, 0.1) is 0 Å². The predicted octanol–water partition coefficient (Wildman–Crippen LogP) is 3.93. The summed E-state index contributed by atoms with van der Waals surface area (Å²) in [6.07, 6.45) is -5.24. The minimum Gasteiger partial charge on any atom is -0.490 e. The Balaban J connectivity index is 1.57. The summed E-state index contributed by atoms with van der Waals surface area (Å²) in [5.74, 6) is -0.869. The molecule has 3 rings (SSSR count). The molecule has 2 aromatic carbocycles. The van der Waals surface area contributed by atoms with Crippen molar-refractivity contribution in [3.63, 3.8) is 0 Å². The van der Waals surface area contributed by atoms with E-state index in [0.717, 1.165) is 18.6 Å². The van der Waals surface area contributed by atoms with E-state index in [2.05, 4.69) is 10.1 Å². The molecule has 1 unspecified atom stereocenters. The largest absolute Gasteiger partial charge is 0.573 e. The SMILES string of the molecule is CC(OC(=O)c1ccc2c(c1)OCCCO2)C(=O)Nc1ccc(OC(F)(F)F)cc1. The predicted molar refractivity (Wildman–Crippen MR) is 98.7 cm³/mol. The van der Waals surface area contributed by atoms with Crippen LogP contribution in [0.2, 0.25) is 0 Å². The highest BCUT2D eigenvalue weighted by atomic mass is 19.4. The van der Waals surface area contributed by atoms with E-state index >= 15 is 0 Å². The van der Waals surface area contributed by atoms with Crippen molar-refractivity contribution in [2.45, 2.75) is 25.8 Å². The second-order valence-corrected chi connectivity index (χ2v) is 6.32. The number of alkyl halides is 3. The number of hydrogen-bond donors (Lipinski definition) is 1. The first-order valence-electron chi connectivity index (χ1n) is 8.98. The monoisotopic (exact) mass is 425 g/mol. The second-order valence-electron chi connectivity index (χ2n) is 6.32. The Hall–Kier alpha value is -3.43. The highest BCUT2D eigenvalue weighted by Gasteiger charge is 2.31. The van der Waals surface area contributed by atoms with Crippen LogP contribution in [0.1, 0.15) is 23.7 Å². The van der Waals surface area contributed by atoms with Gasteiger partial charge in [0.05, 0.1) is 18.8 Å². The number of rotatable bonds is 5. The number of nitrogens with one attached hydrogen (secondary N) is 1. The van der Waals surface area contributed by atoms with Gasteiger partial charge < -0.3 is 24.3 Å². The standard InChI is InChI=1S/C20H18F3NO6/c1-12(18(25)24-14-4-6-15(7-5-14)30-20(21,22)23)29-19(26)13-3-8-16-17(11-13)28-10-2-9-27-16/h3-8,11-12H,2,9-10H2,1H3,(H,24,25). The van der Waals surface area contributed by atoms with Crippen LogP contribution < -0.4 is 19.5 Å². The van der Waals surface area contributed by atoms with Crippen LogP contribution in [0.5, 0.6) is 17.2 Å². The Morgan fingerprint density at radius 2 is 1.70 bits per heavy atom. The Bertz CT molecular complexity index is 914. The van der Waals surface area contributed by atoms with E-state index < -0.39 is 30.1 Å². The van der Waals surface area contributed by atoms with Gasteiger partial charge in [-0.15, -0.1) is 13.2 Å². The van der Waals surface area contributed by atoms with Crippen molar-refractivity contribution in [3.05, 3.63) is 48.0 Å². The summed E-state index contributed by atoms with van der Waals surface area (Å²) in [5.41, 5.74) is 0.403. The van der Waals surface area contributed by atoms with Gasteiger partial charge in [-0.3, -0.25) is 4.79 Å². The number of benzene rings is 2. The molecule has 30 heavy (non-hydrogen) atoms. The first-order chi connectivity index (χ1) is 14.2. The topological polar surface area (TPSA) is 83.1 Å². The fourth-order valence-corrected chi connectivity index (χ4v) is 2.56. The summed E-state index contributed by atoms with van der Waals surface area (Å²) in [7, 11) is 0. The number of amides is 1. The summed E-state index contributed by atoms with van der Waals surface area (Å²) >= 11 is 0. The lowest BCUT2D eigenvalue weighted by molar-refractivity contribution is -0.274. The summed E-state index contributed by atoms with van der Waals surface area (Å²) in [6.45, 7) is 2.34. The second kappa shape index (κ2) is 8.93. The van der Waals surface area contributed by atoms with Gasteiger partial charge in [0.1, 0.15) is 5.75 Å². The van der Waals surface area contributed by atoms with Crippen molar-refractivity contribution in [2.24, 2.45) is 0 Å². The van der Waals surface area contributed by atoms with Gasteiger partial charge in [-0.25, -0.2) is 4.79 Å². The lowest BCUT2D eigenvalue weighted by Gasteiger charge is -2.15. The van der Waals surface area contributed by atoms with Gasteiger partial charge in [0, 0.05) is 12.1 Å². The molecule has 1 amide bonds. The number of halogens is 3. The third-order valence-corrected chi connectivity index (χ3v) is 3.99. The van der Waals surface area contributed by atoms with Crippen LogP contribution in [0.15, 0.2) is 42.5 Å². The lowest BCUT2D eigenvalue weighted by Crippen LogP contribution is -2.30. The minimum absolute atomic E-state index is 0.188. The fraction of sp³-hybridized carbons (Fsp3) is 0.300. The van der Waals surface area contributed by atoms with Crippen molar-refractivity contribution in [3.8, 4) is 17.2 Å². The van der Waals surface area contributed by atoms with Crippen molar-refractivity contribution in [1.29, 1.82) is 0 Å². The number of carbonyl (C=O) groups excluding carboxylic acids is 2. The molecule has 0 radical (unpaired) electrons. The number of hydrogen-bond acceptors (Lipinski definition) is 6. The molecule has 1 heterocycles. The average Bonchev–Trinajstić information content (AvgIpc) is 2.93. The molecule has 0 saturated heterocycles. The van der Waals surface area contributed by atoms with E-state index in [9.17, 15) is 22.8 Å². The first-order valence-corrected chi connectivity index (χ1v) is 8.98. The molecule has 1 N–H and O–H groups in total. The Kier molecular flexibility index (Phi) is 6.34. The highest BCUT2D eigenvalue weighted by Crippen LogP contribution is 2.30. The van der Waals surface area contributed by atoms with Crippen molar-refractivity contribution in [1.82, 2.24) is 0 Å². The van der Waals surface area contributed by atoms with Crippen LogP contribution in [-0.2, 0) is 9.53 Å². The van der Waals surface area contributed by atoms with Crippen LogP contribution in [0.3, 0.4) is 0 Å². The molecule has 1 atom stereocenters. The van der Waals surface area contributed by atoms with Crippen molar-refractivity contribution < 1.29 is 41.7 Å². The summed E-state index contributed by atoms with van der Waals surface area (Å²) in [5, 5.41) is 2.45. The summed E-state index contributed by atoms with van der Waals surface area (Å²) in [6, 6.07) is 9.14. The quantitative estimate of drug-likeness (QED) is 0.731. The van der Waals surface area contributed by atoms with Gasteiger partial charge >= 0.3 is 12.3 Å². The number of fused-ring (bicyclic) bond motifs is 1. The number of esters is 1. The van der Waals surface area contributed by atoms with E-state index in [4.69, 9.17) is 14.2 Å². The van der Waals surface area contributed by atoms with Gasteiger partial charge in [0.2, 0.25) is 0 Å². The van der Waals surface area contributed by atoms with Crippen molar-refractivity contribution in [2.75, 3.05) is 18.5 Å². The van der Waals surface area contributed by atoms with Crippen LogP contribution in [0.25, 0.3) is 0 Å². The Labute approximate surface area is 169 Å². The fourth-order valence-electron chi connectivity index (χ4n) is 2.56. The minimum atomic E-state index is -4.81. The number of carbonyl (C=O) groups is 2. The normalized spacial score (nSPS) is 14.3. The molecular weight excluding hydrogens is 407 g/mol. The molecule has 0 fully saturated rings. The Morgan fingerprint density at radius 3 is 2.37 bits per heavy atom. The van der Waals surface area contributed by atoms with E-state index in [1.807, 2.05) is 0 Å². The smallest absolute Gasteiger partial charge is 0.490 e. The molecular formula is C20H18F3NO6. The maximum absolute atomic E-state index is 12.3. The maximum atomic E-state index is 12.3. The molecule has 0 spiro atoms. The molecule has 10 heteroatoms. The van der Waals surface area contributed by atoms with Gasteiger partial charge in [-0.2, -0.15) is 0 Å². The third kappa shape index (κ3) is 5.79. The number of anilines is 1. The molecule has 1 aliphatic rings. The van der Waals surface area contributed by atoms with Crippen molar-refractivity contribution >= 4 is 17.6 Å². The molecule has 0 aromatic heterocycles. The zero-order chi connectivity index (χ0) is 21.7. The zero-order valence-electron chi connectivity index (χ0n) is 15.8. The molecule has 160 valence electrons. The summed E-state index contributed by atoms with van der Waals surface area (Å²) in [4.78, 5) is 24.6. The van der Waals surface area contributed by atoms with Gasteiger partial charge in [-0.1, -0.05) is 0 Å². The van der Waals surface area contributed by atoms with Crippen LogP contribution in [0.4, 0.5) is 18.9 Å². The molecule has 7 nitrogen and oxygen atoms in total. The zero-order valence-corrected chi connectivity index (χ0v) is 15.8. The van der Waals surface area contributed by atoms with Gasteiger partial charge in [0.15, 0.2) is 17.6 Å². The average molecular weight is 425 g/mol. The molecule has 0 bridgehead atoms. The van der Waals surface area contributed by atoms with E-state index in [1.54, 1.807) is 6.07 Å². The van der Waals surface area contributed by atoms with E-state index in [-0.39, 0.29) is 11.3 Å². The third-order valence-electron chi connectivity index (χ3n) is 3.99. The first kappa shape index (κ1) is 21.3. The molecule has 0 saturated carbocycles. The number of ether oxygens (including phenoxy) is 4. The van der Waals surface area contributed by atoms with E-state index in [0.29, 0.717) is 24.7 Å². The molecule has 2 aromatic rings.